The molecule has 0 saturated heterocycles. The Labute approximate surface area is 89.2 Å². The van der Waals surface area contributed by atoms with Crippen molar-refractivity contribution in [2.24, 2.45) is 11.3 Å². The normalized spacial score (nSPS) is 21.6. The van der Waals surface area contributed by atoms with Crippen LogP contribution in [0.4, 0.5) is 0 Å². The maximum atomic E-state index is 5.75. The highest BCUT2D eigenvalue weighted by molar-refractivity contribution is 4.95. The third-order valence-corrected chi connectivity index (χ3v) is 3.67. The lowest BCUT2D eigenvalue weighted by Gasteiger charge is -2.22. The Balaban J connectivity index is 2.20. The van der Waals surface area contributed by atoms with Crippen molar-refractivity contribution >= 4 is 0 Å². The average Bonchev–Trinajstić information content (AvgIpc) is 2.79. The van der Waals surface area contributed by atoms with Gasteiger partial charge >= 0.3 is 0 Å². The van der Waals surface area contributed by atoms with Gasteiger partial charge < -0.3 is 4.74 Å². The van der Waals surface area contributed by atoms with Crippen LogP contribution in [0, 0.1) is 11.3 Å². The molecule has 0 aromatic rings. The maximum Gasteiger partial charge on any atom is 0.0550 e. The zero-order valence-corrected chi connectivity index (χ0v) is 10.5. The summed E-state index contributed by atoms with van der Waals surface area (Å²) in [6.45, 7) is 11.2. The predicted octanol–water partition coefficient (Wildman–Crippen LogP) is 4.02. The molecule has 1 nitrogen and oxygen atoms in total. The highest BCUT2D eigenvalue weighted by Crippen LogP contribution is 2.55. The number of hydrogen-bond donors (Lipinski definition) is 0. The molecule has 0 amide bonds. The molecule has 1 saturated carbocycles. The number of hydrogen-bond acceptors (Lipinski definition) is 1. The van der Waals surface area contributed by atoms with E-state index in [0.29, 0.717) is 17.6 Å². The van der Waals surface area contributed by atoms with Gasteiger partial charge in [0.25, 0.3) is 0 Å². The lowest BCUT2D eigenvalue weighted by atomic mass is 9.87. The molecule has 1 aliphatic rings. The summed E-state index contributed by atoms with van der Waals surface area (Å²) < 4.78 is 5.75. The van der Waals surface area contributed by atoms with Crippen LogP contribution in [0.15, 0.2) is 0 Å². The standard InChI is InChI=1S/C13H26O/c1-10(2)13(8-9-13)7-6-12(5)14-11(3)4/h10-12H,6-9H2,1-5H3/t12-/m0/s1. The van der Waals surface area contributed by atoms with Crippen LogP contribution >= 0.6 is 0 Å². The molecule has 1 fully saturated rings. The van der Waals surface area contributed by atoms with Gasteiger partial charge in [0.05, 0.1) is 12.2 Å². The molecule has 0 N–H and O–H groups in total. The molecule has 0 bridgehead atoms. The van der Waals surface area contributed by atoms with Gasteiger partial charge in [-0.2, -0.15) is 0 Å². The van der Waals surface area contributed by atoms with Crippen LogP contribution in [-0.2, 0) is 4.74 Å². The zero-order valence-electron chi connectivity index (χ0n) is 10.5. The van der Waals surface area contributed by atoms with Crippen LogP contribution in [0.5, 0.6) is 0 Å². The molecule has 1 heteroatoms. The van der Waals surface area contributed by atoms with E-state index in [2.05, 4.69) is 34.6 Å². The van der Waals surface area contributed by atoms with Crippen molar-refractivity contribution in [1.29, 1.82) is 0 Å². The van der Waals surface area contributed by atoms with Gasteiger partial charge in [-0.15, -0.1) is 0 Å². The maximum absolute atomic E-state index is 5.75. The third-order valence-electron chi connectivity index (χ3n) is 3.67. The van der Waals surface area contributed by atoms with E-state index in [4.69, 9.17) is 4.74 Å². The lowest BCUT2D eigenvalue weighted by Crippen LogP contribution is -2.18. The molecular weight excluding hydrogens is 172 g/mol. The largest absolute Gasteiger partial charge is 0.376 e. The minimum atomic E-state index is 0.374. The molecule has 84 valence electrons. The second kappa shape index (κ2) is 4.65. The van der Waals surface area contributed by atoms with Gasteiger partial charge in [0, 0.05) is 0 Å². The van der Waals surface area contributed by atoms with Crippen LogP contribution < -0.4 is 0 Å². The molecule has 14 heavy (non-hydrogen) atoms. The van der Waals surface area contributed by atoms with Crippen LogP contribution in [0.1, 0.15) is 60.3 Å². The number of ether oxygens (including phenoxy) is 1. The summed E-state index contributed by atoms with van der Waals surface area (Å²) in [4.78, 5) is 0. The van der Waals surface area contributed by atoms with Crippen molar-refractivity contribution in [3.8, 4) is 0 Å². The van der Waals surface area contributed by atoms with Gasteiger partial charge in [0.15, 0.2) is 0 Å². The Morgan fingerprint density at radius 1 is 1.07 bits per heavy atom. The first kappa shape index (κ1) is 12.0. The fourth-order valence-electron chi connectivity index (χ4n) is 2.30. The third kappa shape index (κ3) is 3.27. The van der Waals surface area contributed by atoms with Crippen molar-refractivity contribution in [2.45, 2.75) is 72.5 Å². The van der Waals surface area contributed by atoms with Crippen molar-refractivity contribution in [1.82, 2.24) is 0 Å². The van der Waals surface area contributed by atoms with Gasteiger partial charge in [0.1, 0.15) is 0 Å². The summed E-state index contributed by atoms with van der Waals surface area (Å²) in [7, 11) is 0. The van der Waals surface area contributed by atoms with Crippen LogP contribution in [0.2, 0.25) is 0 Å². The van der Waals surface area contributed by atoms with Gasteiger partial charge in [0.2, 0.25) is 0 Å². The SMILES string of the molecule is CC(C)O[C@@H](C)CCC1(C(C)C)CC1. The first-order chi connectivity index (χ1) is 6.46. The molecule has 0 radical (unpaired) electrons. The van der Waals surface area contributed by atoms with Gasteiger partial charge in [-0.25, -0.2) is 0 Å². The average molecular weight is 198 g/mol. The molecule has 1 rings (SSSR count). The molecule has 0 aromatic heterocycles. The molecule has 0 unspecified atom stereocenters. The highest BCUT2D eigenvalue weighted by Gasteiger charge is 2.44. The molecule has 0 spiro atoms. The monoisotopic (exact) mass is 198 g/mol. The molecule has 0 aliphatic heterocycles. The molecule has 1 aliphatic carbocycles. The van der Waals surface area contributed by atoms with Gasteiger partial charge in [-0.1, -0.05) is 13.8 Å². The van der Waals surface area contributed by atoms with E-state index in [1.807, 2.05) is 0 Å². The summed E-state index contributed by atoms with van der Waals surface area (Å²) in [5.74, 6) is 0.855. The van der Waals surface area contributed by atoms with E-state index >= 15 is 0 Å². The van der Waals surface area contributed by atoms with Crippen molar-refractivity contribution in [3.63, 3.8) is 0 Å². The Hall–Kier alpha value is -0.0400. The summed E-state index contributed by atoms with van der Waals surface area (Å²) in [5, 5.41) is 0. The van der Waals surface area contributed by atoms with Crippen molar-refractivity contribution in [2.75, 3.05) is 0 Å². The summed E-state index contributed by atoms with van der Waals surface area (Å²) in [6.07, 6.45) is 6.29. The Kier molecular flexibility index (Phi) is 4.00. The zero-order chi connectivity index (χ0) is 10.8. The first-order valence-electron chi connectivity index (χ1n) is 6.12. The van der Waals surface area contributed by atoms with E-state index in [0.717, 1.165) is 5.92 Å². The summed E-state index contributed by atoms with van der Waals surface area (Å²) in [6, 6.07) is 0. The van der Waals surface area contributed by atoms with E-state index in [1.165, 1.54) is 25.7 Å². The topological polar surface area (TPSA) is 9.23 Å². The Morgan fingerprint density at radius 3 is 2.00 bits per heavy atom. The fourth-order valence-corrected chi connectivity index (χ4v) is 2.30. The molecule has 1 atom stereocenters. The fraction of sp³-hybridized carbons (Fsp3) is 1.00. The lowest BCUT2D eigenvalue weighted by molar-refractivity contribution is 0.00903. The van der Waals surface area contributed by atoms with Crippen molar-refractivity contribution in [3.05, 3.63) is 0 Å². The van der Waals surface area contributed by atoms with E-state index in [1.54, 1.807) is 0 Å². The van der Waals surface area contributed by atoms with Crippen molar-refractivity contribution < 1.29 is 4.74 Å². The quantitative estimate of drug-likeness (QED) is 0.626. The predicted molar refractivity (Wildman–Crippen MR) is 61.4 cm³/mol. The van der Waals surface area contributed by atoms with E-state index in [9.17, 15) is 0 Å². The minimum absolute atomic E-state index is 0.374. The van der Waals surface area contributed by atoms with Gasteiger partial charge in [-0.05, 0) is 57.8 Å². The summed E-state index contributed by atoms with van der Waals surface area (Å²) in [5.41, 5.74) is 0.689. The van der Waals surface area contributed by atoms with E-state index in [-0.39, 0.29) is 0 Å². The molecule has 0 aromatic carbocycles. The van der Waals surface area contributed by atoms with Crippen LogP contribution in [0.3, 0.4) is 0 Å². The van der Waals surface area contributed by atoms with Crippen LogP contribution in [-0.4, -0.2) is 12.2 Å². The number of rotatable bonds is 6. The Bertz CT molecular complexity index is 168. The van der Waals surface area contributed by atoms with Crippen LogP contribution in [0.25, 0.3) is 0 Å². The second-order valence-electron chi connectivity index (χ2n) is 5.55. The first-order valence-corrected chi connectivity index (χ1v) is 6.12. The molecule has 0 heterocycles. The smallest absolute Gasteiger partial charge is 0.0550 e. The van der Waals surface area contributed by atoms with E-state index < -0.39 is 0 Å². The summed E-state index contributed by atoms with van der Waals surface area (Å²) >= 11 is 0. The highest BCUT2D eigenvalue weighted by atomic mass is 16.5. The van der Waals surface area contributed by atoms with Gasteiger partial charge in [-0.3, -0.25) is 0 Å². The minimum Gasteiger partial charge on any atom is -0.376 e. The Morgan fingerprint density at radius 2 is 1.64 bits per heavy atom. The second-order valence-corrected chi connectivity index (χ2v) is 5.55. The molecular formula is C13H26O.